The Balaban J connectivity index is 0.000000504. The van der Waals surface area contributed by atoms with E-state index in [4.69, 9.17) is 5.53 Å². The molecule has 1 amide bonds. The summed E-state index contributed by atoms with van der Waals surface area (Å²) in [4.78, 5) is 13.5. The summed E-state index contributed by atoms with van der Waals surface area (Å²) in [6.07, 6.45) is 16.5. The first-order valence-corrected chi connectivity index (χ1v) is 7.92. The third-order valence-electron chi connectivity index (χ3n) is 3.06. The average Bonchev–Trinajstić information content (AvgIpc) is 2.80. The van der Waals surface area contributed by atoms with Gasteiger partial charge in [-0.25, -0.2) is 4.39 Å². The van der Waals surface area contributed by atoms with Gasteiger partial charge in [-0.2, -0.15) is 0 Å². The van der Waals surface area contributed by atoms with E-state index in [-0.39, 0.29) is 11.4 Å². The van der Waals surface area contributed by atoms with E-state index in [1.54, 1.807) is 6.08 Å². The fourth-order valence-electron chi connectivity index (χ4n) is 1.76. The topological polar surface area (TPSA) is 65.8 Å². The second kappa shape index (κ2) is 13.5. The fraction of sp³-hybridized carbons (Fsp3) is 0.250. The normalized spacial score (nSPS) is 13.6. The highest BCUT2D eigenvalue weighted by atomic mass is 19.1. The molecule has 132 valence electrons. The molecule has 0 atom stereocenters. The number of hydrogen-bond acceptors (Lipinski definition) is 1. The predicted octanol–water partition coefficient (Wildman–Crippen LogP) is 6.59. The number of nitrogens with zero attached hydrogens (tertiary/aromatic N) is 3. The van der Waals surface area contributed by atoms with Crippen molar-refractivity contribution in [2.24, 2.45) is 5.11 Å². The highest BCUT2D eigenvalue weighted by Gasteiger charge is 2.09. The highest BCUT2D eigenvalue weighted by molar-refractivity contribution is 5.98. The minimum Gasteiger partial charge on any atom is -0.287 e. The van der Waals surface area contributed by atoms with Crippen LogP contribution in [0, 0.1) is 0 Å². The lowest BCUT2D eigenvalue weighted by molar-refractivity contribution is -0.114. The van der Waals surface area contributed by atoms with E-state index in [0.717, 1.165) is 12.8 Å². The summed E-state index contributed by atoms with van der Waals surface area (Å²) in [6.45, 7) is 11.4. The quantitative estimate of drug-likeness (QED) is 0.134. The van der Waals surface area contributed by atoms with Gasteiger partial charge in [-0.1, -0.05) is 62.1 Å². The minimum absolute atomic E-state index is 0.0622. The predicted molar refractivity (Wildman–Crippen MR) is 102 cm³/mol. The van der Waals surface area contributed by atoms with E-state index in [1.807, 2.05) is 12.2 Å². The van der Waals surface area contributed by atoms with Gasteiger partial charge in [0.2, 0.25) is 5.91 Å². The van der Waals surface area contributed by atoms with Crippen molar-refractivity contribution in [1.82, 2.24) is 0 Å². The van der Waals surface area contributed by atoms with Crippen LogP contribution < -0.4 is 0 Å². The minimum atomic E-state index is -0.754. The summed E-state index contributed by atoms with van der Waals surface area (Å²) in [5.74, 6) is -1.12. The molecule has 0 N–H and O–H groups in total. The van der Waals surface area contributed by atoms with Crippen molar-refractivity contribution in [2.75, 3.05) is 0 Å². The second-order valence-electron chi connectivity index (χ2n) is 5.12. The monoisotopic (exact) mass is 341 g/mol. The summed E-state index contributed by atoms with van der Waals surface area (Å²) >= 11 is 0. The Morgan fingerprint density at radius 2 is 2.12 bits per heavy atom. The largest absolute Gasteiger partial charge is 0.287 e. The third kappa shape index (κ3) is 10.5. The number of amides is 1. The van der Waals surface area contributed by atoms with Gasteiger partial charge in [0, 0.05) is 10.5 Å². The Labute approximate surface area is 148 Å². The zero-order valence-corrected chi connectivity index (χ0v) is 14.8. The van der Waals surface area contributed by atoms with Gasteiger partial charge in [0.15, 0.2) is 0 Å². The van der Waals surface area contributed by atoms with Crippen molar-refractivity contribution in [3.05, 3.63) is 94.8 Å². The van der Waals surface area contributed by atoms with Crippen LogP contribution in [0.25, 0.3) is 10.4 Å². The molecule has 0 bridgehead atoms. The van der Waals surface area contributed by atoms with E-state index in [0.29, 0.717) is 12.0 Å². The third-order valence-corrected chi connectivity index (χ3v) is 3.06. The first-order chi connectivity index (χ1) is 12.0. The maximum absolute atomic E-state index is 12.8. The van der Waals surface area contributed by atoms with Crippen LogP contribution in [-0.2, 0) is 4.79 Å². The zero-order chi connectivity index (χ0) is 19.1. The van der Waals surface area contributed by atoms with Crippen LogP contribution in [0.2, 0.25) is 0 Å². The number of hydrogen-bond donors (Lipinski definition) is 0. The van der Waals surface area contributed by atoms with E-state index in [9.17, 15) is 9.18 Å². The molecule has 1 aliphatic carbocycles. The number of rotatable bonds is 6. The molecule has 0 aromatic carbocycles. The molecule has 0 spiro atoms. The van der Waals surface area contributed by atoms with E-state index in [2.05, 4.69) is 49.2 Å². The molecule has 4 nitrogen and oxygen atoms in total. The summed E-state index contributed by atoms with van der Waals surface area (Å²) < 4.78 is 12.8. The summed E-state index contributed by atoms with van der Waals surface area (Å²) in [5.41, 5.74) is 9.96. The van der Waals surface area contributed by atoms with Crippen molar-refractivity contribution in [1.29, 1.82) is 0 Å². The number of halogens is 1. The molecule has 1 aliphatic rings. The molecule has 1 rings (SSSR count). The lowest BCUT2D eigenvalue weighted by Crippen LogP contribution is -1.98. The van der Waals surface area contributed by atoms with E-state index < -0.39 is 5.91 Å². The molecular formula is C20H24FN3O. The first kappa shape index (κ1) is 22.1. The average molecular weight is 341 g/mol. The number of azide groups is 1. The lowest BCUT2D eigenvalue weighted by Gasteiger charge is -2.00. The number of carbonyl (C=O) groups is 1. The molecule has 0 aromatic rings. The van der Waals surface area contributed by atoms with Crippen LogP contribution in [0.5, 0.6) is 0 Å². The molecule has 25 heavy (non-hydrogen) atoms. The maximum atomic E-state index is 12.8. The van der Waals surface area contributed by atoms with Crippen LogP contribution in [0.1, 0.15) is 33.1 Å². The number of allylic oxidation sites excluding steroid dienone is 10. The Morgan fingerprint density at radius 1 is 1.40 bits per heavy atom. The van der Waals surface area contributed by atoms with Gasteiger partial charge < -0.3 is 0 Å². The molecule has 0 aromatic heterocycles. The Hall–Kier alpha value is -2.91. The first-order valence-electron chi connectivity index (χ1n) is 7.92. The zero-order valence-electron chi connectivity index (χ0n) is 14.8. The smallest absolute Gasteiger partial charge is 0.249 e. The van der Waals surface area contributed by atoms with Crippen LogP contribution in [0.15, 0.2) is 89.4 Å². The van der Waals surface area contributed by atoms with Gasteiger partial charge in [0.1, 0.15) is 5.83 Å². The van der Waals surface area contributed by atoms with E-state index >= 15 is 0 Å². The van der Waals surface area contributed by atoms with Gasteiger partial charge in [-0.05, 0) is 54.6 Å². The van der Waals surface area contributed by atoms with Crippen LogP contribution in [0.4, 0.5) is 4.39 Å². The van der Waals surface area contributed by atoms with Crippen molar-refractivity contribution in [2.45, 2.75) is 33.1 Å². The molecular weight excluding hydrogens is 317 g/mol. The van der Waals surface area contributed by atoms with Gasteiger partial charge in [-0.15, -0.1) is 0 Å². The lowest BCUT2D eigenvalue weighted by atomic mass is 10.1. The van der Waals surface area contributed by atoms with Gasteiger partial charge in [0.05, 0.1) is 0 Å². The van der Waals surface area contributed by atoms with Gasteiger partial charge in [-0.3, -0.25) is 4.79 Å². The van der Waals surface area contributed by atoms with Crippen LogP contribution >= 0.6 is 0 Å². The molecule has 0 radical (unpaired) electrons. The van der Waals surface area contributed by atoms with Crippen LogP contribution in [-0.4, -0.2) is 5.91 Å². The van der Waals surface area contributed by atoms with Crippen molar-refractivity contribution in [3.63, 3.8) is 0 Å². The Morgan fingerprint density at radius 3 is 2.72 bits per heavy atom. The summed E-state index contributed by atoms with van der Waals surface area (Å²) in [7, 11) is 0. The second-order valence-corrected chi connectivity index (χ2v) is 5.12. The Kier molecular flexibility index (Phi) is 11.9. The standard InChI is InChI=1S/C10H8FN3O.C10H16/c1-7(10(15)13-14-12)8-3-2-4-9(11)6-5-8;1-4-6-7-9-10(3)8-5-2/h3-6H,1-2H2;5-8H,2,4,9H2,1,3H3/b;7-6-,10-8-. The van der Waals surface area contributed by atoms with Crippen molar-refractivity contribution < 1.29 is 9.18 Å². The summed E-state index contributed by atoms with van der Waals surface area (Å²) in [5, 5.41) is 2.91. The number of carbonyl (C=O) groups excluding carboxylic acids is 1. The molecule has 0 saturated heterocycles. The highest BCUT2D eigenvalue weighted by Crippen LogP contribution is 2.18. The SMILES string of the molecule is C=C(C(=O)N=[N+]=[N-])C1=CCC=C(F)C=C1.C=C/C=C(/C)C/C=C\CC. The van der Waals surface area contributed by atoms with Crippen LogP contribution in [0.3, 0.4) is 0 Å². The van der Waals surface area contributed by atoms with Crippen molar-refractivity contribution in [3.8, 4) is 0 Å². The van der Waals surface area contributed by atoms with E-state index in [1.165, 1.54) is 23.8 Å². The molecule has 0 heterocycles. The van der Waals surface area contributed by atoms with Gasteiger partial charge >= 0.3 is 0 Å². The molecule has 0 saturated carbocycles. The fourth-order valence-corrected chi connectivity index (χ4v) is 1.76. The maximum Gasteiger partial charge on any atom is 0.249 e. The molecule has 0 unspecified atom stereocenters. The molecule has 0 aliphatic heterocycles. The molecule has 0 fully saturated rings. The Bertz CT molecular complexity index is 688. The summed E-state index contributed by atoms with van der Waals surface area (Å²) in [6, 6.07) is 0. The van der Waals surface area contributed by atoms with Gasteiger partial charge in [0.25, 0.3) is 0 Å². The molecule has 5 heteroatoms. The van der Waals surface area contributed by atoms with Crippen molar-refractivity contribution >= 4 is 5.91 Å².